The molecule has 1 atom stereocenters. The zero-order valence-corrected chi connectivity index (χ0v) is 13.0. The van der Waals surface area contributed by atoms with Gasteiger partial charge < -0.3 is 10.1 Å². The predicted molar refractivity (Wildman–Crippen MR) is 82.3 cm³/mol. The summed E-state index contributed by atoms with van der Waals surface area (Å²) < 4.78 is 18.3. The van der Waals surface area contributed by atoms with E-state index in [-0.39, 0.29) is 17.9 Å². The Morgan fingerprint density at radius 3 is 2.57 bits per heavy atom. The molecule has 3 nitrogen and oxygen atoms in total. The summed E-state index contributed by atoms with van der Waals surface area (Å²) in [6, 6.07) is 8.73. The number of aromatic nitrogens is 1. The highest BCUT2D eigenvalue weighted by Crippen LogP contribution is 2.30. The maximum atomic E-state index is 13.1. The highest BCUT2D eigenvalue weighted by atomic mass is 35.5. The third-order valence-electron chi connectivity index (χ3n) is 3.05. The second kappa shape index (κ2) is 6.87. The molecule has 2 rings (SSSR count). The van der Waals surface area contributed by atoms with Crippen LogP contribution in [0.4, 0.5) is 4.39 Å². The molecule has 1 N–H and O–H groups in total. The van der Waals surface area contributed by atoms with Crippen LogP contribution in [-0.4, -0.2) is 18.1 Å². The van der Waals surface area contributed by atoms with Crippen molar-refractivity contribution in [1.82, 2.24) is 10.3 Å². The van der Waals surface area contributed by atoms with E-state index < -0.39 is 0 Å². The van der Waals surface area contributed by atoms with E-state index in [4.69, 9.17) is 16.3 Å². The minimum absolute atomic E-state index is 0.156. The van der Waals surface area contributed by atoms with Gasteiger partial charge in [-0.05, 0) is 43.7 Å². The van der Waals surface area contributed by atoms with Crippen molar-refractivity contribution in [2.75, 3.05) is 7.11 Å². The van der Waals surface area contributed by atoms with Gasteiger partial charge in [-0.1, -0.05) is 17.7 Å². The van der Waals surface area contributed by atoms with Crippen LogP contribution in [0.15, 0.2) is 36.5 Å². The van der Waals surface area contributed by atoms with E-state index in [0.29, 0.717) is 10.8 Å². The molecule has 0 amide bonds. The van der Waals surface area contributed by atoms with Crippen molar-refractivity contribution in [3.05, 3.63) is 58.6 Å². The van der Waals surface area contributed by atoms with Gasteiger partial charge in [0.25, 0.3) is 0 Å². The van der Waals surface area contributed by atoms with E-state index in [1.165, 1.54) is 12.3 Å². The summed E-state index contributed by atoms with van der Waals surface area (Å²) in [7, 11) is 1.58. The minimum atomic E-state index is -0.351. The molecule has 0 saturated heterocycles. The zero-order chi connectivity index (χ0) is 15.4. The molecule has 0 aliphatic rings. The molecule has 21 heavy (non-hydrogen) atoms. The predicted octanol–water partition coefficient (Wildman–Crippen LogP) is 3.97. The largest absolute Gasteiger partial charge is 0.495 e. The molecule has 0 spiro atoms. The Hall–Kier alpha value is -1.65. The Morgan fingerprint density at radius 1 is 1.24 bits per heavy atom. The molecule has 1 aromatic heterocycles. The first-order chi connectivity index (χ1) is 10.0. The van der Waals surface area contributed by atoms with E-state index in [1.807, 2.05) is 26.0 Å². The summed E-state index contributed by atoms with van der Waals surface area (Å²) in [6.45, 7) is 4.09. The number of benzene rings is 1. The van der Waals surface area contributed by atoms with Crippen molar-refractivity contribution in [1.29, 1.82) is 0 Å². The lowest BCUT2D eigenvalue weighted by molar-refractivity contribution is 0.413. The molecular formula is C16H18ClFN2O. The van der Waals surface area contributed by atoms with Gasteiger partial charge in [-0.25, -0.2) is 4.39 Å². The van der Waals surface area contributed by atoms with Gasteiger partial charge in [0.15, 0.2) is 0 Å². The number of ether oxygens (including phenoxy) is 1. The first kappa shape index (κ1) is 15.7. The molecule has 0 aliphatic heterocycles. The average Bonchev–Trinajstić information content (AvgIpc) is 2.46. The van der Waals surface area contributed by atoms with Crippen molar-refractivity contribution in [2.24, 2.45) is 0 Å². The topological polar surface area (TPSA) is 34.1 Å². The number of nitrogens with zero attached hydrogens (tertiary/aromatic N) is 1. The molecule has 0 radical (unpaired) electrons. The minimum Gasteiger partial charge on any atom is -0.495 e. The van der Waals surface area contributed by atoms with E-state index >= 15 is 0 Å². The normalized spacial score (nSPS) is 12.5. The van der Waals surface area contributed by atoms with Crippen LogP contribution in [0.2, 0.25) is 5.02 Å². The Bertz CT molecular complexity index is 602. The van der Waals surface area contributed by atoms with Gasteiger partial charge in [-0.2, -0.15) is 0 Å². The molecule has 0 bridgehead atoms. The summed E-state index contributed by atoms with van der Waals surface area (Å²) in [5.41, 5.74) is 1.71. The number of pyridine rings is 1. The molecule has 5 heteroatoms. The number of methoxy groups -OCH3 is 1. The van der Waals surface area contributed by atoms with E-state index in [1.54, 1.807) is 19.2 Å². The van der Waals surface area contributed by atoms with Crippen molar-refractivity contribution in [3.8, 4) is 5.75 Å². The van der Waals surface area contributed by atoms with Gasteiger partial charge in [0.05, 0.1) is 30.1 Å². The van der Waals surface area contributed by atoms with Crippen LogP contribution in [-0.2, 0) is 0 Å². The lowest BCUT2D eigenvalue weighted by atomic mass is 10.0. The van der Waals surface area contributed by atoms with Crippen LogP contribution in [0.25, 0.3) is 0 Å². The van der Waals surface area contributed by atoms with Gasteiger partial charge >= 0.3 is 0 Å². The van der Waals surface area contributed by atoms with Gasteiger partial charge in [-0.3, -0.25) is 4.98 Å². The van der Waals surface area contributed by atoms with Gasteiger partial charge in [-0.15, -0.1) is 0 Å². The van der Waals surface area contributed by atoms with Crippen LogP contribution < -0.4 is 10.1 Å². The van der Waals surface area contributed by atoms with Gasteiger partial charge in [0.2, 0.25) is 0 Å². The van der Waals surface area contributed by atoms with Crippen LogP contribution in [0, 0.1) is 5.82 Å². The Kier molecular flexibility index (Phi) is 5.15. The van der Waals surface area contributed by atoms with Crippen molar-refractivity contribution in [3.63, 3.8) is 0 Å². The van der Waals surface area contributed by atoms with E-state index in [9.17, 15) is 4.39 Å². The SMILES string of the molecule is COc1cc(C(NC(C)C)c2ccc(F)cn2)ccc1Cl. The Balaban J connectivity index is 2.42. The number of hydrogen-bond acceptors (Lipinski definition) is 3. The van der Waals surface area contributed by atoms with Gasteiger partial charge in [0.1, 0.15) is 11.6 Å². The fourth-order valence-electron chi connectivity index (χ4n) is 2.10. The summed E-state index contributed by atoms with van der Waals surface area (Å²) in [5, 5.41) is 3.97. The second-order valence-corrected chi connectivity index (χ2v) is 5.46. The van der Waals surface area contributed by atoms with Crippen LogP contribution in [0.1, 0.15) is 31.1 Å². The molecule has 2 aromatic rings. The van der Waals surface area contributed by atoms with Crippen LogP contribution in [0.3, 0.4) is 0 Å². The van der Waals surface area contributed by atoms with E-state index in [0.717, 1.165) is 11.3 Å². The average molecular weight is 309 g/mol. The lowest BCUT2D eigenvalue weighted by Crippen LogP contribution is -2.29. The summed E-state index contributed by atoms with van der Waals surface area (Å²) >= 11 is 6.06. The third-order valence-corrected chi connectivity index (χ3v) is 3.37. The fourth-order valence-corrected chi connectivity index (χ4v) is 2.29. The van der Waals surface area contributed by atoms with Crippen LogP contribution >= 0.6 is 11.6 Å². The monoisotopic (exact) mass is 308 g/mol. The van der Waals surface area contributed by atoms with Gasteiger partial charge in [0, 0.05) is 6.04 Å². The zero-order valence-electron chi connectivity index (χ0n) is 12.2. The number of rotatable bonds is 5. The molecule has 0 saturated carbocycles. The molecule has 0 aliphatic carbocycles. The number of nitrogens with one attached hydrogen (secondary N) is 1. The summed E-state index contributed by atoms with van der Waals surface area (Å²) in [5.74, 6) is 0.252. The quantitative estimate of drug-likeness (QED) is 0.907. The Labute approximate surface area is 129 Å². The van der Waals surface area contributed by atoms with Crippen LogP contribution in [0.5, 0.6) is 5.75 Å². The maximum Gasteiger partial charge on any atom is 0.141 e. The number of hydrogen-bond donors (Lipinski definition) is 1. The third kappa shape index (κ3) is 3.93. The highest BCUT2D eigenvalue weighted by Gasteiger charge is 2.18. The molecule has 1 heterocycles. The summed E-state index contributed by atoms with van der Waals surface area (Å²) in [4.78, 5) is 4.17. The molecule has 1 aromatic carbocycles. The smallest absolute Gasteiger partial charge is 0.141 e. The summed E-state index contributed by atoms with van der Waals surface area (Å²) in [6.07, 6.45) is 1.22. The maximum absolute atomic E-state index is 13.1. The Morgan fingerprint density at radius 2 is 2.00 bits per heavy atom. The lowest BCUT2D eigenvalue weighted by Gasteiger charge is -2.22. The van der Waals surface area contributed by atoms with Crippen molar-refractivity contribution in [2.45, 2.75) is 25.9 Å². The number of halogens is 2. The first-order valence-corrected chi connectivity index (χ1v) is 7.10. The van der Waals surface area contributed by atoms with E-state index in [2.05, 4.69) is 10.3 Å². The first-order valence-electron chi connectivity index (χ1n) is 6.72. The standard InChI is InChI=1S/C16H18ClFN2O/c1-10(2)20-16(14-7-5-12(18)9-19-14)11-4-6-13(17)15(8-11)21-3/h4-10,16,20H,1-3H3. The molecule has 112 valence electrons. The van der Waals surface area contributed by atoms with Crippen molar-refractivity contribution < 1.29 is 9.13 Å². The highest BCUT2D eigenvalue weighted by molar-refractivity contribution is 6.32. The second-order valence-electron chi connectivity index (χ2n) is 5.05. The molecular weight excluding hydrogens is 291 g/mol. The fraction of sp³-hybridized carbons (Fsp3) is 0.312. The molecule has 0 fully saturated rings. The van der Waals surface area contributed by atoms with Crippen molar-refractivity contribution >= 4 is 11.6 Å². The molecule has 1 unspecified atom stereocenters.